The van der Waals surface area contributed by atoms with E-state index in [1.165, 1.54) is 12.8 Å². The first kappa shape index (κ1) is 18.5. The number of nitrogens with zero attached hydrogens (tertiary/aromatic N) is 2. The summed E-state index contributed by atoms with van der Waals surface area (Å²) in [6, 6.07) is 6.14. The van der Waals surface area contributed by atoms with Crippen LogP contribution in [0.5, 0.6) is 5.75 Å². The van der Waals surface area contributed by atoms with Crippen LogP contribution >= 0.6 is 0 Å². The summed E-state index contributed by atoms with van der Waals surface area (Å²) in [5.41, 5.74) is 2.05. The predicted octanol–water partition coefficient (Wildman–Crippen LogP) is 3.34. The Kier molecular flexibility index (Phi) is 4.33. The Balaban J connectivity index is 1.60. The van der Waals surface area contributed by atoms with Crippen molar-refractivity contribution in [1.82, 2.24) is 14.8 Å². The van der Waals surface area contributed by atoms with Gasteiger partial charge in [0.2, 0.25) is 5.91 Å². The van der Waals surface area contributed by atoms with Crippen molar-refractivity contribution in [3.05, 3.63) is 29.5 Å². The Morgan fingerprint density at radius 2 is 1.90 bits per heavy atom. The van der Waals surface area contributed by atoms with E-state index in [1.807, 2.05) is 30.0 Å². The lowest BCUT2D eigenvalue weighted by Gasteiger charge is -2.51. The largest absolute Gasteiger partial charge is 0.497 e. The molecule has 5 rings (SSSR count). The van der Waals surface area contributed by atoms with Crippen molar-refractivity contribution in [1.29, 1.82) is 0 Å². The van der Waals surface area contributed by atoms with Gasteiger partial charge in [-0.25, -0.2) is 0 Å². The zero-order valence-corrected chi connectivity index (χ0v) is 17.3. The van der Waals surface area contributed by atoms with E-state index in [0.717, 1.165) is 60.0 Å². The molecule has 154 valence electrons. The SMILES string of the molecule is COc1ccc2[nH]c3c(c2c1)CCN1C(=O)CN(C2CCCCCC2)C(=O)[C@]31C. The summed E-state index contributed by atoms with van der Waals surface area (Å²) in [5, 5.41) is 1.09. The van der Waals surface area contributed by atoms with Gasteiger partial charge in [0.1, 0.15) is 12.3 Å². The number of carbonyl (C=O) groups is 2. The Bertz CT molecular complexity index is 973. The van der Waals surface area contributed by atoms with Gasteiger partial charge in [-0.2, -0.15) is 0 Å². The molecule has 6 nitrogen and oxygen atoms in total. The Morgan fingerprint density at radius 3 is 2.62 bits per heavy atom. The molecule has 0 spiro atoms. The fraction of sp³-hybridized carbons (Fsp3) is 0.565. The first-order valence-corrected chi connectivity index (χ1v) is 10.8. The molecule has 1 aromatic heterocycles. The molecule has 29 heavy (non-hydrogen) atoms. The second-order valence-corrected chi connectivity index (χ2v) is 8.84. The van der Waals surface area contributed by atoms with E-state index < -0.39 is 5.54 Å². The first-order valence-electron chi connectivity index (χ1n) is 10.8. The molecule has 2 amide bonds. The standard InChI is InChI=1S/C23H29N3O3/c1-23-21-17(18-13-16(29-2)9-10-19(18)24-21)11-12-26(23)20(27)14-25(22(23)28)15-7-5-3-4-6-8-15/h9-10,13,15,24H,3-8,11-12,14H2,1-2H3/t23-/m0/s1. The molecule has 1 aliphatic carbocycles. The Morgan fingerprint density at radius 1 is 1.14 bits per heavy atom. The second kappa shape index (κ2) is 6.78. The van der Waals surface area contributed by atoms with Crippen molar-refractivity contribution in [3.8, 4) is 5.75 Å². The minimum absolute atomic E-state index is 0.0678. The van der Waals surface area contributed by atoms with Gasteiger partial charge in [0.05, 0.1) is 12.8 Å². The summed E-state index contributed by atoms with van der Waals surface area (Å²) in [5.74, 6) is 0.944. The number of methoxy groups -OCH3 is 1. The fourth-order valence-corrected chi connectivity index (χ4v) is 5.65. The van der Waals surface area contributed by atoms with Gasteiger partial charge in [-0.1, -0.05) is 25.7 Å². The van der Waals surface area contributed by atoms with E-state index in [2.05, 4.69) is 4.98 Å². The maximum absolute atomic E-state index is 13.9. The van der Waals surface area contributed by atoms with Gasteiger partial charge in [-0.05, 0) is 49.9 Å². The van der Waals surface area contributed by atoms with E-state index in [0.29, 0.717) is 6.54 Å². The number of hydrogen-bond acceptors (Lipinski definition) is 3. The summed E-state index contributed by atoms with van der Waals surface area (Å²) in [7, 11) is 1.66. The minimum atomic E-state index is -0.957. The van der Waals surface area contributed by atoms with Crippen molar-refractivity contribution in [3.63, 3.8) is 0 Å². The van der Waals surface area contributed by atoms with Crippen molar-refractivity contribution >= 4 is 22.7 Å². The maximum Gasteiger partial charge on any atom is 0.255 e. The number of fused-ring (bicyclic) bond motifs is 5. The maximum atomic E-state index is 13.9. The average Bonchev–Trinajstić information content (AvgIpc) is 2.90. The lowest BCUT2D eigenvalue weighted by molar-refractivity contribution is -0.168. The van der Waals surface area contributed by atoms with E-state index in [9.17, 15) is 9.59 Å². The van der Waals surface area contributed by atoms with E-state index in [-0.39, 0.29) is 24.4 Å². The first-order chi connectivity index (χ1) is 14.0. The van der Waals surface area contributed by atoms with E-state index in [1.54, 1.807) is 12.0 Å². The van der Waals surface area contributed by atoms with E-state index >= 15 is 0 Å². The van der Waals surface area contributed by atoms with E-state index in [4.69, 9.17) is 4.74 Å². The topological polar surface area (TPSA) is 65.6 Å². The summed E-state index contributed by atoms with van der Waals surface area (Å²) in [6.07, 6.45) is 7.49. The predicted molar refractivity (Wildman–Crippen MR) is 111 cm³/mol. The van der Waals surface area contributed by atoms with Crippen LogP contribution in [-0.4, -0.2) is 52.8 Å². The summed E-state index contributed by atoms with van der Waals surface area (Å²) >= 11 is 0. The van der Waals surface area contributed by atoms with Crippen LogP contribution in [0.25, 0.3) is 10.9 Å². The van der Waals surface area contributed by atoms with Gasteiger partial charge in [0.25, 0.3) is 5.91 Å². The van der Waals surface area contributed by atoms with Gasteiger partial charge >= 0.3 is 0 Å². The van der Waals surface area contributed by atoms with Crippen LogP contribution in [0.1, 0.15) is 56.7 Å². The zero-order valence-electron chi connectivity index (χ0n) is 17.3. The molecular formula is C23H29N3O3. The molecule has 1 N–H and O–H groups in total. The third kappa shape index (κ3) is 2.68. The van der Waals surface area contributed by atoms with Crippen LogP contribution in [0.2, 0.25) is 0 Å². The summed E-state index contributed by atoms with van der Waals surface area (Å²) in [4.78, 5) is 34.2. The molecule has 2 aromatic rings. The Hall–Kier alpha value is -2.50. The molecule has 0 radical (unpaired) electrons. The number of ether oxygens (including phenoxy) is 1. The number of rotatable bonds is 2. The summed E-state index contributed by atoms with van der Waals surface area (Å²) in [6.45, 7) is 2.74. The lowest BCUT2D eigenvalue weighted by atomic mass is 9.82. The minimum Gasteiger partial charge on any atom is -0.497 e. The molecular weight excluding hydrogens is 366 g/mol. The summed E-state index contributed by atoms with van der Waals surface area (Å²) < 4.78 is 5.41. The highest BCUT2D eigenvalue weighted by molar-refractivity contribution is 6.01. The molecule has 3 heterocycles. The molecule has 3 aliphatic rings. The monoisotopic (exact) mass is 395 g/mol. The molecule has 1 saturated heterocycles. The van der Waals surface area contributed by atoms with Crippen LogP contribution in [0.4, 0.5) is 0 Å². The van der Waals surface area contributed by atoms with Crippen LogP contribution in [-0.2, 0) is 21.5 Å². The van der Waals surface area contributed by atoms with Gasteiger partial charge in [-0.15, -0.1) is 0 Å². The molecule has 0 bridgehead atoms. The normalized spacial score (nSPS) is 25.7. The van der Waals surface area contributed by atoms with Crippen LogP contribution in [0.3, 0.4) is 0 Å². The highest BCUT2D eigenvalue weighted by Gasteiger charge is 2.55. The molecule has 6 heteroatoms. The lowest BCUT2D eigenvalue weighted by Crippen LogP contribution is -2.68. The van der Waals surface area contributed by atoms with Crippen molar-refractivity contribution in [2.24, 2.45) is 0 Å². The number of aromatic amines is 1. The second-order valence-electron chi connectivity index (χ2n) is 8.84. The average molecular weight is 396 g/mol. The van der Waals surface area contributed by atoms with Crippen LogP contribution in [0.15, 0.2) is 18.2 Å². The molecule has 1 aromatic carbocycles. The number of nitrogens with one attached hydrogen (secondary N) is 1. The smallest absolute Gasteiger partial charge is 0.255 e. The fourth-order valence-electron chi connectivity index (χ4n) is 5.65. The van der Waals surface area contributed by atoms with Gasteiger partial charge in [0.15, 0.2) is 5.54 Å². The number of benzene rings is 1. The third-order valence-corrected chi connectivity index (χ3v) is 7.27. The van der Waals surface area contributed by atoms with Crippen molar-refractivity contribution in [2.45, 2.75) is 63.5 Å². The number of carbonyl (C=O) groups excluding carboxylic acids is 2. The number of piperazine rings is 1. The zero-order chi connectivity index (χ0) is 20.2. The van der Waals surface area contributed by atoms with Crippen LogP contribution in [0, 0.1) is 0 Å². The number of H-pyrrole nitrogens is 1. The highest BCUT2D eigenvalue weighted by atomic mass is 16.5. The Labute approximate surface area is 171 Å². The van der Waals surface area contributed by atoms with Crippen molar-refractivity contribution < 1.29 is 14.3 Å². The van der Waals surface area contributed by atoms with Crippen molar-refractivity contribution in [2.75, 3.05) is 20.2 Å². The highest BCUT2D eigenvalue weighted by Crippen LogP contribution is 2.43. The quantitative estimate of drug-likeness (QED) is 0.793. The molecule has 2 aliphatic heterocycles. The molecule has 0 unspecified atom stereocenters. The molecule has 1 saturated carbocycles. The number of hydrogen-bond donors (Lipinski definition) is 1. The number of aromatic nitrogens is 1. The number of amides is 2. The molecule has 1 atom stereocenters. The van der Waals surface area contributed by atoms with Crippen LogP contribution < -0.4 is 4.74 Å². The molecule has 2 fully saturated rings. The van der Waals surface area contributed by atoms with Gasteiger partial charge < -0.3 is 19.5 Å². The van der Waals surface area contributed by atoms with Gasteiger partial charge in [0, 0.05) is 23.5 Å². The van der Waals surface area contributed by atoms with Gasteiger partial charge in [-0.3, -0.25) is 9.59 Å². The third-order valence-electron chi connectivity index (χ3n) is 7.27.